The highest BCUT2D eigenvalue weighted by molar-refractivity contribution is 7.98. The Hall–Kier alpha value is -3.19. The minimum Gasteiger partial charge on any atom is -0.478 e. The largest absolute Gasteiger partial charge is 0.478 e. The number of thioether (sulfide) groups is 1. The van der Waals surface area contributed by atoms with Crippen LogP contribution in [0, 0.1) is 0 Å². The second kappa shape index (κ2) is 7.20. The summed E-state index contributed by atoms with van der Waals surface area (Å²) in [4.78, 5) is 17.1. The number of aromatic nitrogens is 2. The molecule has 2 N–H and O–H groups in total. The number of aromatic carboxylic acids is 1. The molecule has 7 heteroatoms. The summed E-state index contributed by atoms with van der Waals surface area (Å²) in [6.45, 7) is 0.487. The van der Waals surface area contributed by atoms with Gasteiger partial charge in [-0.25, -0.2) is 9.78 Å². The van der Waals surface area contributed by atoms with Gasteiger partial charge in [0, 0.05) is 10.6 Å². The number of imidazole rings is 1. The maximum absolute atomic E-state index is 11.3. The first-order valence-corrected chi connectivity index (χ1v) is 9.53. The molecule has 2 aromatic heterocycles. The van der Waals surface area contributed by atoms with E-state index in [-0.39, 0.29) is 5.56 Å². The van der Waals surface area contributed by atoms with Gasteiger partial charge in [-0.1, -0.05) is 6.07 Å². The van der Waals surface area contributed by atoms with Crippen molar-refractivity contribution in [3.8, 4) is 0 Å². The number of hydrogen-bond acceptors (Lipinski definition) is 5. The van der Waals surface area contributed by atoms with Crippen LogP contribution in [0.4, 0.5) is 11.6 Å². The molecule has 0 fully saturated rings. The molecule has 0 bridgehead atoms. The highest BCUT2D eigenvalue weighted by Gasteiger charge is 2.15. The van der Waals surface area contributed by atoms with Crippen molar-refractivity contribution in [3.63, 3.8) is 0 Å². The summed E-state index contributed by atoms with van der Waals surface area (Å²) < 4.78 is 7.46. The highest BCUT2D eigenvalue weighted by Crippen LogP contribution is 2.27. The normalized spacial score (nSPS) is 11.0. The molecule has 4 aromatic rings. The second-order valence-corrected chi connectivity index (χ2v) is 6.85. The number of nitrogens with zero attached hydrogens (tertiary/aromatic N) is 2. The van der Waals surface area contributed by atoms with Crippen molar-refractivity contribution in [2.75, 3.05) is 11.6 Å². The molecular weight excluding hydrogens is 362 g/mol. The average Bonchev–Trinajstić information content (AvgIpc) is 3.30. The number of carboxylic acid groups (broad SMARTS) is 1. The Labute approximate surface area is 159 Å². The van der Waals surface area contributed by atoms with E-state index in [2.05, 4.69) is 10.3 Å². The topological polar surface area (TPSA) is 80.3 Å². The Balaban J connectivity index is 1.79. The van der Waals surface area contributed by atoms with E-state index < -0.39 is 5.97 Å². The minimum atomic E-state index is -0.973. The van der Waals surface area contributed by atoms with Crippen molar-refractivity contribution in [2.45, 2.75) is 11.4 Å². The molecule has 0 radical (unpaired) electrons. The molecule has 0 atom stereocenters. The fraction of sp³-hybridized carbons (Fsp3) is 0.100. The second-order valence-electron chi connectivity index (χ2n) is 5.97. The summed E-state index contributed by atoms with van der Waals surface area (Å²) in [5, 5.41) is 12.6. The Morgan fingerprint density at radius 1 is 1.22 bits per heavy atom. The maximum atomic E-state index is 11.3. The van der Waals surface area contributed by atoms with Crippen molar-refractivity contribution in [1.29, 1.82) is 0 Å². The van der Waals surface area contributed by atoms with Gasteiger partial charge in [0.05, 0.1) is 29.4 Å². The van der Waals surface area contributed by atoms with Gasteiger partial charge in [0.15, 0.2) is 0 Å². The van der Waals surface area contributed by atoms with Crippen LogP contribution in [0.25, 0.3) is 11.0 Å². The lowest BCUT2D eigenvalue weighted by molar-refractivity contribution is 0.0697. The van der Waals surface area contributed by atoms with Gasteiger partial charge in [-0.2, -0.15) is 0 Å². The number of carbonyl (C=O) groups is 1. The Morgan fingerprint density at radius 2 is 2.11 bits per heavy atom. The third kappa shape index (κ3) is 3.54. The van der Waals surface area contributed by atoms with Crippen LogP contribution in [-0.2, 0) is 6.54 Å². The van der Waals surface area contributed by atoms with Gasteiger partial charge in [0.1, 0.15) is 5.76 Å². The molecule has 0 unspecified atom stereocenters. The van der Waals surface area contributed by atoms with Crippen LogP contribution in [0.15, 0.2) is 70.2 Å². The van der Waals surface area contributed by atoms with Crippen LogP contribution in [0.5, 0.6) is 0 Å². The van der Waals surface area contributed by atoms with E-state index in [1.807, 2.05) is 47.2 Å². The predicted octanol–water partition coefficient (Wildman–Crippen LogP) is 4.84. The number of furan rings is 1. The van der Waals surface area contributed by atoms with Crippen molar-refractivity contribution >= 4 is 40.4 Å². The molecule has 0 aliphatic heterocycles. The summed E-state index contributed by atoms with van der Waals surface area (Å²) in [7, 11) is 0. The lowest BCUT2D eigenvalue weighted by atomic mass is 10.2. The van der Waals surface area contributed by atoms with E-state index in [0.29, 0.717) is 18.0 Å². The first kappa shape index (κ1) is 17.2. The smallest absolute Gasteiger partial charge is 0.335 e. The van der Waals surface area contributed by atoms with E-state index in [9.17, 15) is 9.90 Å². The first-order valence-electron chi connectivity index (χ1n) is 8.31. The maximum Gasteiger partial charge on any atom is 0.335 e. The van der Waals surface area contributed by atoms with Crippen molar-refractivity contribution in [2.24, 2.45) is 0 Å². The van der Waals surface area contributed by atoms with E-state index in [4.69, 9.17) is 4.42 Å². The number of rotatable bonds is 6. The van der Waals surface area contributed by atoms with Crippen LogP contribution in [0.1, 0.15) is 16.1 Å². The molecule has 136 valence electrons. The van der Waals surface area contributed by atoms with Crippen molar-refractivity contribution in [1.82, 2.24) is 9.55 Å². The summed E-state index contributed by atoms with van der Waals surface area (Å²) in [5.74, 6) is 0.444. The van der Waals surface area contributed by atoms with E-state index in [1.54, 1.807) is 36.2 Å². The molecule has 0 aliphatic carbocycles. The van der Waals surface area contributed by atoms with Crippen LogP contribution < -0.4 is 5.32 Å². The fourth-order valence-corrected chi connectivity index (χ4v) is 3.37. The van der Waals surface area contributed by atoms with Crippen LogP contribution >= 0.6 is 11.8 Å². The van der Waals surface area contributed by atoms with Crippen molar-refractivity contribution < 1.29 is 14.3 Å². The van der Waals surface area contributed by atoms with Crippen LogP contribution in [0.2, 0.25) is 0 Å². The van der Waals surface area contributed by atoms with Crippen molar-refractivity contribution in [3.05, 3.63) is 72.2 Å². The molecule has 4 rings (SSSR count). The third-order valence-corrected chi connectivity index (χ3v) is 4.94. The zero-order valence-corrected chi connectivity index (χ0v) is 15.4. The summed E-state index contributed by atoms with van der Waals surface area (Å²) in [6, 6.07) is 16.7. The van der Waals surface area contributed by atoms with Gasteiger partial charge in [0.2, 0.25) is 5.95 Å². The number of carboxylic acids is 1. The zero-order chi connectivity index (χ0) is 18.8. The standard InChI is InChI=1S/C20H17N3O3S/c1-27-16-6-2-4-14(11-16)21-20-22-17-10-13(19(24)25)7-8-18(17)23(20)12-15-5-3-9-26-15/h2-11H,12H2,1H3,(H,21,22)(H,24,25). The number of benzene rings is 2. The molecule has 2 heterocycles. The van der Waals surface area contributed by atoms with E-state index in [0.717, 1.165) is 21.9 Å². The molecule has 0 spiro atoms. The Bertz CT molecular complexity index is 1100. The van der Waals surface area contributed by atoms with Gasteiger partial charge in [-0.15, -0.1) is 11.8 Å². The van der Waals surface area contributed by atoms with Crippen LogP contribution in [0.3, 0.4) is 0 Å². The summed E-state index contributed by atoms with van der Waals surface area (Å²) in [5.41, 5.74) is 2.57. The Kier molecular flexibility index (Phi) is 4.60. The lowest BCUT2D eigenvalue weighted by Crippen LogP contribution is -2.04. The van der Waals surface area contributed by atoms with Crippen LogP contribution in [-0.4, -0.2) is 26.9 Å². The van der Waals surface area contributed by atoms with Gasteiger partial charge in [-0.05, 0) is 54.8 Å². The molecule has 27 heavy (non-hydrogen) atoms. The molecule has 6 nitrogen and oxygen atoms in total. The molecule has 2 aromatic carbocycles. The number of hydrogen-bond donors (Lipinski definition) is 2. The number of anilines is 2. The quantitative estimate of drug-likeness (QED) is 0.467. The molecule has 0 amide bonds. The monoisotopic (exact) mass is 379 g/mol. The first-order chi connectivity index (χ1) is 13.1. The lowest BCUT2D eigenvalue weighted by Gasteiger charge is -2.10. The number of fused-ring (bicyclic) bond motifs is 1. The predicted molar refractivity (Wildman–Crippen MR) is 106 cm³/mol. The average molecular weight is 379 g/mol. The zero-order valence-electron chi connectivity index (χ0n) is 14.5. The SMILES string of the molecule is CSc1cccc(Nc2nc3cc(C(=O)O)ccc3n2Cc2ccco2)c1. The summed E-state index contributed by atoms with van der Waals surface area (Å²) >= 11 is 1.66. The molecular formula is C20H17N3O3S. The fourth-order valence-electron chi connectivity index (χ4n) is 2.91. The van der Waals surface area contributed by atoms with Gasteiger partial charge in [0.25, 0.3) is 0 Å². The molecule has 0 saturated heterocycles. The van der Waals surface area contributed by atoms with Gasteiger partial charge < -0.3 is 19.4 Å². The highest BCUT2D eigenvalue weighted by atomic mass is 32.2. The van der Waals surface area contributed by atoms with E-state index in [1.165, 1.54) is 0 Å². The van der Waals surface area contributed by atoms with E-state index >= 15 is 0 Å². The third-order valence-electron chi connectivity index (χ3n) is 4.22. The minimum absolute atomic E-state index is 0.209. The van der Waals surface area contributed by atoms with Gasteiger partial charge in [-0.3, -0.25) is 0 Å². The Morgan fingerprint density at radius 3 is 2.85 bits per heavy atom. The van der Waals surface area contributed by atoms with Gasteiger partial charge >= 0.3 is 5.97 Å². The number of nitrogens with one attached hydrogen (secondary N) is 1. The molecule has 0 saturated carbocycles. The molecule has 0 aliphatic rings. The summed E-state index contributed by atoms with van der Waals surface area (Å²) in [6.07, 6.45) is 3.66.